The van der Waals surface area contributed by atoms with Gasteiger partial charge in [0.1, 0.15) is 11.3 Å². The maximum absolute atomic E-state index is 11.9. The van der Waals surface area contributed by atoms with Crippen molar-refractivity contribution < 1.29 is 19.4 Å². The van der Waals surface area contributed by atoms with Crippen LogP contribution in [0.3, 0.4) is 0 Å². The van der Waals surface area contributed by atoms with Crippen molar-refractivity contribution in [3.05, 3.63) is 29.8 Å². The van der Waals surface area contributed by atoms with Crippen molar-refractivity contribution in [1.82, 2.24) is 5.32 Å². The Labute approximate surface area is 128 Å². The van der Waals surface area contributed by atoms with Crippen molar-refractivity contribution in [2.75, 3.05) is 6.61 Å². The molecule has 2 N–H and O–H groups in total. The van der Waals surface area contributed by atoms with E-state index in [1.807, 2.05) is 0 Å². The van der Waals surface area contributed by atoms with Gasteiger partial charge in [-0.2, -0.15) is 5.26 Å². The second-order valence-corrected chi connectivity index (χ2v) is 5.43. The minimum Gasteiger partial charge on any atom is -0.508 e. The van der Waals surface area contributed by atoms with Crippen LogP contribution in [0.15, 0.2) is 24.3 Å². The third-order valence-electron chi connectivity index (χ3n) is 3.74. The number of benzene rings is 1. The summed E-state index contributed by atoms with van der Waals surface area (Å²) in [6.07, 6.45) is 4.12. The number of ether oxygens (including phenoxy) is 1. The van der Waals surface area contributed by atoms with Crippen molar-refractivity contribution in [1.29, 1.82) is 5.26 Å². The van der Waals surface area contributed by atoms with E-state index in [2.05, 4.69) is 11.4 Å². The molecule has 0 spiro atoms. The van der Waals surface area contributed by atoms with Crippen LogP contribution in [0.4, 0.5) is 0 Å². The SMILES string of the molecule is N#CC1(NC(=O)COC(=O)c2ccc(O)cc2)CCCCC1. The van der Waals surface area contributed by atoms with Crippen molar-refractivity contribution in [2.45, 2.75) is 37.6 Å². The van der Waals surface area contributed by atoms with Gasteiger partial charge in [-0.25, -0.2) is 4.79 Å². The largest absolute Gasteiger partial charge is 0.508 e. The van der Waals surface area contributed by atoms with E-state index >= 15 is 0 Å². The molecule has 1 aromatic carbocycles. The standard InChI is InChI=1S/C16H18N2O4/c17-11-16(8-2-1-3-9-16)18-14(20)10-22-15(21)12-4-6-13(19)7-5-12/h4-7,19H,1-3,8-10H2,(H,18,20). The van der Waals surface area contributed by atoms with E-state index in [9.17, 15) is 14.9 Å². The number of esters is 1. The third-order valence-corrected chi connectivity index (χ3v) is 3.74. The molecule has 1 aromatic rings. The fourth-order valence-electron chi connectivity index (χ4n) is 2.53. The van der Waals surface area contributed by atoms with Gasteiger partial charge in [-0.15, -0.1) is 0 Å². The summed E-state index contributed by atoms with van der Waals surface area (Å²) >= 11 is 0. The Bertz CT molecular complexity index is 583. The zero-order valence-electron chi connectivity index (χ0n) is 12.2. The average Bonchev–Trinajstić information content (AvgIpc) is 2.54. The van der Waals surface area contributed by atoms with E-state index in [4.69, 9.17) is 9.84 Å². The molecule has 116 valence electrons. The Hall–Kier alpha value is -2.55. The van der Waals surface area contributed by atoms with Crippen LogP contribution in [0.25, 0.3) is 0 Å². The van der Waals surface area contributed by atoms with Gasteiger partial charge in [-0.05, 0) is 37.1 Å². The van der Waals surface area contributed by atoms with Crippen LogP contribution < -0.4 is 5.32 Å². The highest BCUT2D eigenvalue weighted by Gasteiger charge is 2.33. The molecular formula is C16H18N2O4. The summed E-state index contributed by atoms with van der Waals surface area (Å²) in [6, 6.07) is 7.72. The second-order valence-electron chi connectivity index (χ2n) is 5.43. The van der Waals surface area contributed by atoms with Gasteiger partial charge in [-0.1, -0.05) is 19.3 Å². The van der Waals surface area contributed by atoms with Crippen molar-refractivity contribution >= 4 is 11.9 Å². The van der Waals surface area contributed by atoms with E-state index in [0.717, 1.165) is 19.3 Å². The second kappa shape index (κ2) is 6.94. The van der Waals surface area contributed by atoms with Gasteiger partial charge in [-0.3, -0.25) is 4.79 Å². The zero-order chi connectivity index (χ0) is 16.0. The maximum Gasteiger partial charge on any atom is 0.338 e. The summed E-state index contributed by atoms with van der Waals surface area (Å²) in [6.45, 7) is -0.427. The minimum absolute atomic E-state index is 0.0440. The molecule has 1 amide bonds. The first-order valence-corrected chi connectivity index (χ1v) is 7.23. The molecule has 0 bridgehead atoms. The number of nitriles is 1. The van der Waals surface area contributed by atoms with Crippen LogP contribution in [0.1, 0.15) is 42.5 Å². The predicted octanol–water partition coefficient (Wildman–Crippen LogP) is 1.89. The van der Waals surface area contributed by atoms with Crippen LogP contribution in [0, 0.1) is 11.3 Å². The minimum atomic E-state index is -0.833. The number of nitrogens with zero attached hydrogens (tertiary/aromatic N) is 1. The number of amides is 1. The van der Waals surface area contributed by atoms with Gasteiger partial charge in [0.25, 0.3) is 5.91 Å². The van der Waals surface area contributed by atoms with Gasteiger partial charge < -0.3 is 15.2 Å². The Morgan fingerprint density at radius 1 is 1.23 bits per heavy atom. The molecule has 0 unspecified atom stereocenters. The van der Waals surface area contributed by atoms with Gasteiger partial charge in [0.05, 0.1) is 11.6 Å². The van der Waals surface area contributed by atoms with E-state index in [1.165, 1.54) is 24.3 Å². The molecule has 6 heteroatoms. The Morgan fingerprint density at radius 3 is 2.45 bits per heavy atom. The molecule has 1 saturated carbocycles. The lowest BCUT2D eigenvalue weighted by Gasteiger charge is -2.31. The lowest BCUT2D eigenvalue weighted by atomic mass is 9.83. The first-order valence-electron chi connectivity index (χ1n) is 7.23. The average molecular weight is 302 g/mol. The molecule has 1 aliphatic carbocycles. The maximum atomic E-state index is 11.9. The molecule has 1 fully saturated rings. The number of rotatable bonds is 4. The number of phenolic OH excluding ortho intramolecular Hbond substituents is 1. The summed E-state index contributed by atoms with van der Waals surface area (Å²) in [7, 11) is 0. The molecule has 22 heavy (non-hydrogen) atoms. The number of carbonyl (C=O) groups excluding carboxylic acids is 2. The molecule has 0 heterocycles. The van der Waals surface area contributed by atoms with E-state index < -0.39 is 24.0 Å². The predicted molar refractivity (Wildman–Crippen MR) is 78.0 cm³/mol. The van der Waals surface area contributed by atoms with Crippen LogP contribution >= 0.6 is 0 Å². The molecule has 0 atom stereocenters. The number of hydrogen-bond donors (Lipinski definition) is 2. The smallest absolute Gasteiger partial charge is 0.338 e. The number of nitrogens with one attached hydrogen (secondary N) is 1. The lowest BCUT2D eigenvalue weighted by Crippen LogP contribution is -2.50. The fraction of sp³-hybridized carbons (Fsp3) is 0.438. The first kappa shape index (κ1) is 15.8. The molecule has 0 aromatic heterocycles. The topological polar surface area (TPSA) is 99.4 Å². The number of aromatic hydroxyl groups is 1. The fourth-order valence-corrected chi connectivity index (χ4v) is 2.53. The molecule has 0 saturated heterocycles. The monoisotopic (exact) mass is 302 g/mol. The normalized spacial score (nSPS) is 16.3. The third kappa shape index (κ3) is 3.98. The van der Waals surface area contributed by atoms with Gasteiger partial charge >= 0.3 is 5.97 Å². The quantitative estimate of drug-likeness (QED) is 0.827. The van der Waals surface area contributed by atoms with Gasteiger partial charge in [0.2, 0.25) is 0 Å². The van der Waals surface area contributed by atoms with E-state index in [0.29, 0.717) is 12.8 Å². The highest BCUT2D eigenvalue weighted by molar-refractivity contribution is 5.91. The molecule has 1 aliphatic rings. The zero-order valence-corrected chi connectivity index (χ0v) is 12.2. The van der Waals surface area contributed by atoms with Gasteiger partial charge in [0.15, 0.2) is 6.61 Å². The number of hydrogen-bond acceptors (Lipinski definition) is 5. The van der Waals surface area contributed by atoms with Crippen LogP contribution in [-0.2, 0) is 9.53 Å². The summed E-state index contributed by atoms with van der Waals surface area (Å²) in [5, 5.41) is 21.1. The first-order chi connectivity index (χ1) is 10.5. The molecule has 0 aliphatic heterocycles. The van der Waals surface area contributed by atoms with Crippen LogP contribution in [-0.4, -0.2) is 29.1 Å². The van der Waals surface area contributed by atoms with E-state index in [-0.39, 0.29) is 11.3 Å². The van der Waals surface area contributed by atoms with Gasteiger partial charge in [0, 0.05) is 0 Å². The number of carbonyl (C=O) groups is 2. The van der Waals surface area contributed by atoms with Crippen LogP contribution in [0.5, 0.6) is 5.75 Å². The molecule has 2 rings (SSSR count). The van der Waals surface area contributed by atoms with Crippen molar-refractivity contribution in [3.63, 3.8) is 0 Å². The highest BCUT2D eigenvalue weighted by Crippen LogP contribution is 2.27. The Balaban J connectivity index is 1.86. The Morgan fingerprint density at radius 2 is 1.86 bits per heavy atom. The summed E-state index contributed by atoms with van der Waals surface area (Å²) in [5.74, 6) is -1.08. The molecule has 0 radical (unpaired) electrons. The van der Waals surface area contributed by atoms with Crippen LogP contribution in [0.2, 0.25) is 0 Å². The van der Waals surface area contributed by atoms with E-state index in [1.54, 1.807) is 0 Å². The summed E-state index contributed by atoms with van der Waals surface area (Å²) in [4.78, 5) is 23.6. The highest BCUT2D eigenvalue weighted by atomic mass is 16.5. The summed E-state index contributed by atoms with van der Waals surface area (Å²) in [5.41, 5.74) is -0.585. The van der Waals surface area contributed by atoms with Crippen molar-refractivity contribution in [2.24, 2.45) is 0 Å². The number of phenols is 1. The lowest BCUT2D eigenvalue weighted by molar-refractivity contribution is -0.125. The Kier molecular flexibility index (Phi) is 4.99. The molecule has 6 nitrogen and oxygen atoms in total. The molecular weight excluding hydrogens is 284 g/mol. The summed E-state index contributed by atoms with van der Waals surface area (Å²) < 4.78 is 4.92. The van der Waals surface area contributed by atoms with Crippen molar-refractivity contribution in [3.8, 4) is 11.8 Å².